The molecule has 0 spiro atoms. The molecule has 0 atom stereocenters. The summed E-state index contributed by atoms with van der Waals surface area (Å²) in [6.07, 6.45) is 6.21. The van der Waals surface area contributed by atoms with Gasteiger partial charge >= 0.3 is 0 Å². The van der Waals surface area contributed by atoms with Crippen molar-refractivity contribution in [2.24, 2.45) is 0 Å². The predicted octanol–water partition coefficient (Wildman–Crippen LogP) is 4.83. The van der Waals surface area contributed by atoms with Crippen LogP contribution in [0.1, 0.15) is 13.8 Å². The number of ether oxygens (including phenoxy) is 4. The summed E-state index contributed by atoms with van der Waals surface area (Å²) in [6, 6.07) is 14.8. The second kappa shape index (κ2) is 13.4. The summed E-state index contributed by atoms with van der Waals surface area (Å²) >= 11 is 0. The van der Waals surface area contributed by atoms with E-state index < -0.39 is 0 Å². The Kier molecular flexibility index (Phi) is 9.50. The van der Waals surface area contributed by atoms with Crippen molar-refractivity contribution in [1.82, 2.24) is 0 Å². The fourth-order valence-corrected chi connectivity index (χ4v) is 3.95. The van der Waals surface area contributed by atoms with E-state index in [2.05, 4.69) is 10.6 Å². The first-order valence-corrected chi connectivity index (χ1v) is 12.7. The number of carbonyl (C=O) groups is 2. The number of fused-ring (bicyclic) bond motifs is 1. The van der Waals surface area contributed by atoms with Crippen LogP contribution >= 0.6 is 0 Å². The summed E-state index contributed by atoms with van der Waals surface area (Å²) in [7, 11) is 0. The van der Waals surface area contributed by atoms with E-state index in [0.29, 0.717) is 62.2 Å². The van der Waals surface area contributed by atoms with Gasteiger partial charge < -0.3 is 29.6 Å². The Labute approximate surface area is 222 Å². The lowest BCUT2D eigenvalue weighted by Gasteiger charge is -2.23. The number of benzene rings is 2. The van der Waals surface area contributed by atoms with Crippen molar-refractivity contribution in [3.8, 4) is 11.5 Å². The number of allylic oxidation sites excluding steroid dienone is 6. The molecule has 4 rings (SSSR count). The number of hydrogen-bond donors (Lipinski definition) is 2. The minimum Gasteiger partial charge on any atom is -0.491 e. The molecule has 198 valence electrons. The molecule has 0 aromatic heterocycles. The molecular formula is C30H32N2O6. The van der Waals surface area contributed by atoms with Crippen LogP contribution in [-0.4, -0.2) is 51.2 Å². The normalized spacial score (nSPS) is 14.6. The van der Waals surface area contributed by atoms with Crippen molar-refractivity contribution < 1.29 is 28.5 Å². The van der Waals surface area contributed by atoms with Crippen LogP contribution in [0.25, 0.3) is 0 Å². The van der Waals surface area contributed by atoms with Crippen LogP contribution in [0, 0.1) is 0 Å². The zero-order valence-corrected chi connectivity index (χ0v) is 21.6. The third kappa shape index (κ3) is 7.00. The summed E-state index contributed by atoms with van der Waals surface area (Å²) < 4.78 is 21.9. The van der Waals surface area contributed by atoms with Crippen molar-refractivity contribution in [3.63, 3.8) is 0 Å². The summed E-state index contributed by atoms with van der Waals surface area (Å²) in [5, 5.41) is 6.54. The van der Waals surface area contributed by atoms with Gasteiger partial charge in [-0.25, -0.2) is 0 Å². The van der Waals surface area contributed by atoms with Crippen LogP contribution in [0.15, 0.2) is 95.4 Å². The highest BCUT2D eigenvalue weighted by molar-refractivity contribution is 6.23. The van der Waals surface area contributed by atoms with Crippen LogP contribution in [0.4, 0.5) is 11.4 Å². The van der Waals surface area contributed by atoms with E-state index in [0.717, 1.165) is 22.9 Å². The van der Waals surface area contributed by atoms with E-state index in [1.165, 1.54) is 12.2 Å². The number of carbonyl (C=O) groups excluding carboxylic acids is 2. The van der Waals surface area contributed by atoms with E-state index in [4.69, 9.17) is 18.9 Å². The highest BCUT2D eigenvalue weighted by Crippen LogP contribution is 2.32. The van der Waals surface area contributed by atoms with Crippen LogP contribution in [0.3, 0.4) is 0 Å². The minimum atomic E-state index is -0.236. The fourth-order valence-electron chi connectivity index (χ4n) is 3.95. The van der Waals surface area contributed by atoms with Crippen molar-refractivity contribution in [1.29, 1.82) is 0 Å². The van der Waals surface area contributed by atoms with Gasteiger partial charge in [0.05, 0.1) is 35.8 Å². The first-order chi connectivity index (χ1) is 18.6. The molecular weight excluding hydrogens is 484 g/mol. The molecule has 0 fully saturated rings. The SMILES string of the molecule is CCOCCOc1ccc(NC2=C3C(=O)C=CC(Nc4ccc(OCCOCC)cc4)=C3C(=O)C=C2)cc1. The highest BCUT2D eigenvalue weighted by Gasteiger charge is 2.30. The number of hydrogen-bond acceptors (Lipinski definition) is 8. The van der Waals surface area contributed by atoms with E-state index in [1.807, 2.05) is 62.4 Å². The molecule has 2 aromatic carbocycles. The third-order valence-corrected chi connectivity index (χ3v) is 5.75. The zero-order chi connectivity index (χ0) is 26.7. The number of nitrogens with one attached hydrogen (secondary N) is 2. The van der Waals surface area contributed by atoms with Crippen molar-refractivity contribution in [2.75, 3.05) is 50.3 Å². The van der Waals surface area contributed by atoms with Crippen molar-refractivity contribution in [3.05, 3.63) is 95.4 Å². The quantitative estimate of drug-likeness (QED) is 0.345. The fraction of sp³-hybridized carbons (Fsp3) is 0.267. The van der Waals surface area contributed by atoms with Gasteiger partial charge in [-0.15, -0.1) is 0 Å². The molecule has 0 aliphatic heterocycles. The molecule has 0 amide bonds. The Balaban J connectivity index is 1.49. The van der Waals surface area contributed by atoms with E-state index in [-0.39, 0.29) is 11.6 Å². The van der Waals surface area contributed by atoms with Gasteiger partial charge in [0.25, 0.3) is 0 Å². The average Bonchev–Trinajstić information content (AvgIpc) is 2.93. The topological polar surface area (TPSA) is 95.1 Å². The molecule has 8 heteroatoms. The number of anilines is 2. The molecule has 2 N–H and O–H groups in total. The van der Waals surface area contributed by atoms with Crippen LogP contribution < -0.4 is 20.1 Å². The monoisotopic (exact) mass is 516 g/mol. The van der Waals surface area contributed by atoms with Gasteiger partial charge in [-0.2, -0.15) is 0 Å². The lowest BCUT2D eigenvalue weighted by molar-refractivity contribution is -0.114. The average molecular weight is 517 g/mol. The number of rotatable bonds is 14. The van der Waals surface area contributed by atoms with Crippen LogP contribution in [0.5, 0.6) is 11.5 Å². The summed E-state index contributed by atoms with van der Waals surface area (Å²) in [5.41, 5.74) is 3.29. The van der Waals surface area contributed by atoms with E-state index >= 15 is 0 Å². The minimum absolute atomic E-state index is 0.236. The van der Waals surface area contributed by atoms with Gasteiger partial charge in [-0.3, -0.25) is 9.59 Å². The van der Waals surface area contributed by atoms with Gasteiger partial charge in [0.2, 0.25) is 0 Å². The lowest BCUT2D eigenvalue weighted by atomic mass is 9.86. The first-order valence-electron chi connectivity index (χ1n) is 12.7. The molecule has 0 bridgehead atoms. The summed E-state index contributed by atoms with van der Waals surface area (Å²) in [4.78, 5) is 25.8. The Morgan fingerprint density at radius 2 is 0.947 bits per heavy atom. The maximum Gasteiger partial charge on any atom is 0.188 e. The van der Waals surface area contributed by atoms with Gasteiger partial charge in [-0.1, -0.05) is 0 Å². The van der Waals surface area contributed by atoms with Gasteiger partial charge in [0.15, 0.2) is 11.6 Å². The zero-order valence-electron chi connectivity index (χ0n) is 21.6. The maximum atomic E-state index is 12.9. The van der Waals surface area contributed by atoms with Crippen LogP contribution in [0.2, 0.25) is 0 Å². The third-order valence-electron chi connectivity index (χ3n) is 5.75. The maximum absolute atomic E-state index is 12.9. The molecule has 2 aliphatic carbocycles. The van der Waals surface area contributed by atoms with Gasteiger partial charge in [0.1, 0.15) is 24.7 Å². The standard InChI is InChI=1S/C30H32N2O6/c1-3-35-17-19-37-23-9-5-21(6-10-23)31-25-13-15-28(34)30-26(14-16-27(33)29(25)30)32-22-7-11-24(12-8-22)38-20-18-36-4-2/h5-16,31-32H,3-4,17-20H2,1-2H3. The molecule has 0 saturated carbocycles. The Bertz CT molecular complexity index is 1160. The summed E-state index contributed by atoms with van der Waals surface area (Å²) in [6.45, 7) is 7.17. The second-order valence-corrected chi connectivity index (χ2v) is 8.36. The number of ketones is 2. The van der Waals surface area contributed by atoms with E-state index in [1.54, 1.807) is 12.2 Å². The highest BCUT2D eigenvalue weighted by atomic mass is 16.5. The smallest absolute Gasteiger partial charge is 0.188 e. The lowest BCUT2D eigenvalue weighted by Crippen LogP contribution is -2.24. The van der Waals surface area contributed by atoms with E-state index in [9.17, 15) is 9.59 Å². The van der Waals surface area contributed by atoms with Gasteiger partial charge in [-0.05, 0) is 86.7 Å². The van der Waals surface area contributed by atoms with Crippen molar-refractivity contribution in [2.45, 2.75) is 13.8 Å². The second-order valence-electron chi connectivity index (χ2n) is 8.36. The van der Waals surface area contributed by atoms with Crippen molar-refractivity contribution >= 4 is 22.9 Å². The first kappa shape index (κ1) is 26.9. The Morgan fingerprint density at radius 3 is 1.32 bits per heavy atom. The summed E-state index contributed by atoms with van der Waals surface area (Å²) in [5.74, 6) is 0.966. The molecule has 2 aromatic rings. The largest absolute Gasteiger partial charge is 0.491 e. The molecule has 0 radical (unpaired) electrons. The van der Waals surface area contributed by atoms with Crippen LogP contribution in [-0.2, 0) is 19.1 Å². The Morgan fingerprint density at radius 1 is 0.553 bits per heavy atom. The molecule has 8 nitrogen and oxygen atoms in total. The predicted molar refractivity (Wildman–Crippen MR) is 146 cm³/mol. The molecule has 0 unspecified atom stereocenters. The molecule has 0 saturated heterocycles. The van der Waals surface area contributed by atoms with Gasteiger partial charge in [0, 0.05) is 24.6 Å². The Hall–Kier alpha value is -4.14. The molecule has 38 heavy (non-hydrogen) atoms. The molecule has 2 aliphatic rings. The molecule has 0 heterocycles.